The monoisotopic (exact) mass is 308 g/mol. The zero-order valence-electron chi connectivity index (χ0n) is 13.0. The number of anilines is 1. The molecule has 21 heavy (non-hydrogen) atoms. The number of nitriles is 1. The van der Waals surface area contributed by atoms with Crippen molar-refractivity contribution in [2.75, 3.05) is 18.1 Å². The highest BCUT2D eigenvalue weighted by molar-refractivity contribution is 7.85. The van der Waals surface area contributed by atoms with E-state index in [1.807, 2.05) is 20.8 Å². The smallest absolute Gasteiger partial charge is 0.120 e. The predicted molar refractivity (Wildman–Crippen MR) is 86.5 cm³/mol. The minimum atomic E-state index is -1.13. The Morgan fingerprint density at radius 3 is 2.71 bits per heavy atom. The van der Waals surface area contributed by atoms with Crippen LogP contribution < -0.4 is 10.5 Å². The Morgan fingerprint density at radius 1 is 1.38 bits per heavy atom. The molecular weight excluding hydrogens is 284 g/mol. The van der Waals surface area contributed by atoms with Gasteiger partial charge in [-0.25, -0.2) is 0 Å². The molecule has 0 fully saturated rings. The molecule has 0 saturated carbocycles. The second-order valence-corrected chi connectivity index (χ2v) is 7.17. The van der Waals surface area contributed by atoms with E-state index in [4.69, 9.17) is 15.7 Å². The molecule has 0 radical (unpaired) electrons. The fourth-order valence-electron chi connectivity index (χ4n) is 1.93. The number of rotatable bonds is 8. The number of ether oxygens (including phenoxy) is 1. The summed E-state index contributed by atoms with van der Waals surface area (Å²) in [4.78, 5) is 0.639. The maximum atomic E-state index is 12.3. The highest BCUT2D eigenvalue weighted by Crippen LogP contribution is 2.25. The summed E-state index contributed by atoms with van der Waals surface area (Å²) < 4.78 is 17.7. The normalized spacial score (nSPS) is 12.7. The molecule has 1 atom stereocenters. The molecule has 0 aliphatic rings. The van der Waals surface area contributed by atoms with Crippen molar-refractivity contribution < 1.29 is 8.95 Å². The summed E-state index contributed by atoms with van der Waals surface area (Å²) in [5, 5.41) is 8.96. The molecule has 1 aromatic carbocycles. The number of hydrogen-bond acceptors (Lipinski definition) is 4. The molecular formula is C16H24N2O2S. The fraction of sp³-hybridized carbons (Fsp3) is 0.562. The van der Waals surface area contributed by atoms with Crippen molar-refractivity contribution in [3.8, 4) is 11.8 Å². The first-order valence-corrected chi connectivity index (χ1v) is 8.53. The summed E-state index contributed by atoms with van der Waals surface area (Å²) in [7, 11) is -1.13. The van der Waals surface area contributed by atoms with Gasteiger partial charge < -0.3 is 10.5 Å². The van der Waals surface area contributed by atoms with Gasteiger partial charge in [0.05, 0.1) is 33.8 Å². The van der Waals surface area contributed by atoms with Crippen LogP contribution in [0.4, 0.5) is 5.69 Å². The Bertz CT molecular complexity index is 536. The van der Waals surface area contributed by atoms with Gasteiger partial charge in [-0.15, -0.1) is 0 Å². The number of nitrogens with two attached hydrogens (primary N) is 1. The molecule has 2 N–H and O–H groups in total. The first-order valence-electron chi connectivity index (χ1n) is 7.21. The van der Waals surface area contributed by atoms with E-state index in [-0.39, 0.29) is 5.41 Å². The lowest BCUT2D eigenvalue weighted by Crippen LogP contribution is -2.09. The summed E-state index contributed by atoms with van der Waals surface area (Å²) in [6.45, 7) is 6.32. The summed E-state index contributed by atoms with van der Waals surface area (Å²) in [5.41, 5.74) is 6.12. The maximum absolute atomic E-state index is 12.3. The van der Waals surface area contributed by atoms with E-state index in [0.29, 0.717) is 28.7 Å². The van der Waals surface area contributed by atoms with E-state index in [9.17, 15) is 4.21 Å². The van der Waals surface area contributed by atoms with Crippen molar-refractivity contribution in [3.05, 3.63) is 18.2 Å². The third-order valence-corrected chi connectivity index (χ3v) is 4.73. The molecule has 0 bridgehead atoms. The Labute approximate surface area is 129 Å². The van der Waals surface area contributed by atoms with Crippen LogP contribution in [-0.4, -0.2) is 16.6 Å². The molecule has 0 aromatic heterocycles. The van der Waals surface area contributed by atoms with Crippen LogP contribution in [0.15, 0.2) is 23.1 Å². The predicted octanol–water partition coefficient (Wildman–Crippen LogP) is 3.50. The summed E-state index contributed by atoms with van der Waals surface area (Å²) in [6.07, 6.45) is 2.52. The van der Waals surface area contributed by atoms with Gasteiger partial charge in [0, 0.05) is 11.4 Å². The van der Waals surface area contributed by atoms with Crippen LogP contribution in [0.25, 0.3) is 0 Å². The quantitative estimate of drug-likeness (QED) is 0.589. The first-order chi connectivity index (χ1) is 9.89. The molecule has 0 aliphatic carbocycles. The van der Waals surface area contributed by atoms with E-state index < -0.39 is 10.8 Å². The van der Waals surface area contributed by atoms with Crippen molar-refractivity contribution in [1.82, 2.24) is 0 Å². The van der Waals surface area contributed by atoms with Gasteiger partial charge in [0.2, 0.25) is 0 Å². The molecule has 0 saturated heterocycles. The summed E-state index contributed by atoms with van der Waals surface area (Å²) in [6, 6.07) is 7.56. The average molecular weight is 308 g/mol. The Hall–Kier alpha value is -1.54. The van der Waals surface area contributed by atoms with Crippen LogP contribution in [-0.2, 0) is 10.8 Å². The van der Waals surface area contributed by atoms with Crippen LogP contribution in [0.2, 0.25) is 0 Å². The third kappa shape index (κ3) is 5.76. The molecule has 0 aliphatic heterocycles. The maximum Gasteiger partial charge on any atom is 0.120 e. The highest BCUT2D eigenvalue weighted by atomic mass is 32.2. The van der Waals surface area contributed by atoms with Crippen LogP contribution in [0.1, 0.15) is 40.0 Å². The van der Waals surface area contributed by atoms with Crippen LogP contribution >= 0.6 is 0 Å². The van der Waals surface area contributed by atoms with E-state index in [2.05, 4.69) is 6.07 Å². The molecule has 116 valence electrons. The lowest BCUT2D eigenvalue weighted by Gasteiger charge is -2.14. The molecule has 0 spiro atoms. The van der Waals surface area contributed by atoms with Gasteiger partial charge in [0.1, 0.15) is 5.75 Å². The lowest BCUT2D eigenvalue weighted by molar-refractivity contribution is 0.339. The second-order valence-electron chi connectivity index (χ2n) is 5.64. The average Bonchev–Trinajstić information content (AvgIpc) is 2.45. The van der Waals surface area contributed by atoms with E-state index in [1.165, 1.54) is 0 Å². The highest BCUT2D eigenvalue weighted by Gasteiger charge is 2.16. The van der Waals surface area contributed by atoms with Gasteiger partial charge in [0.25, 0.3) is 0 Å². The first kappa shape index (κ1) is 17.5. The van der Waals surface area contributed by atoms with Gasteiger partial charge in [-0.2, -0.15) is 5.26 Å². The zero-order chi connectivity index (χ0) is 15.9. The van der Waals surface area contributed by atoms with Gasteiger partial charge in [-0.05, 0) is 51.8 Å². The van der Waals surface area contributed by atoms with Gasteiger partial charge in [-0.1, -0.05) is 6.42 Å². The molecule has 1 unspecified atom stereocenters. The zero-order valence-corrected chi connectivity index (χ0v) is 13.8. The Balaban J connectivity index is 2.56. The van der Waals surface area contributed by atoms with Gasteiger partial charge in [0.15, 0.2) is 0 Å². The van der Waals surface area contributed by atoms with E-state index in [0.717, 1.165) is 19.3 Å². The minimum absolute atomic E-state index is 0.310. The van der Waals surface area contributed by atoms with Crippen molar-refractivity contribution in [2.24, 2.45) is 5.41 Å². The van der Waals surface area contributed by atoms with Crippen molar-refractivity contribution in [3.63, 3.8) is 0 Å². The number of unbranched alkanes of at least 4 members (excludes halogenated alkanes) is 1. The molecule has 4 nitrogen and oxygen atoms in total. The van der Waals surface area contributed by atoms with Crippen LogP contribution in [0.5, 0.6) is 5.75 Å². The topological polar surface area (TPSA) is 76.1 Å². The van der Waals surface area contributed by atoms with Crippen LogP contribution in [0, 0.1) is 16.7 Å². The largest absolute Gasteiger partial charge is 0.494 e. The van der Waals surface area contributed by atoms with Crippen molar-refractivity contribution in [2.45, 2.75) is 44.9 Å². The molecule has 0 heterocycles. The summed E-state index contributed by atoms with van der Waals surface area (Å²) >= 11 is 0. The molecule has 5 heteroatoms. The second kappa shape index (κ2) is 8.04. The molecule has 1 rings (SSSR count). The SMILES string of the molecule is CCOc1ccc(N)c(S(=O)CCCCC(C)(C)C#N)c1. The number of nitrogens with zero attached hydrogens (tertiary/aromatic N) is 1. The number of nitrogen functional groups attached to an aromatic ring is 1. The lowest BCUT2D eigenvalue weighted by atomic mass is 9.89. The number of benzene rings is 1. The standard InChI is InChI=1S/C16H24N2O2S/c1-4-20-13-7-8-14(18)15(11-13)21(19)10-6-5-9-16(2,3)12-17/h7-8,11H,4-6,9-10,18H2,1-3H3. The van der Waals surface area contributed by atoms with E-state index in [1.54, 1.807) is 18.2 Å². The van der Waals surface area contributed by atoms with E-state index >= 15 is 0 Å². The Morgan fingerprint density at radius 2 is 2.10 bits per heavy atom. The molecule has 1 aromatic rings. The van der Waals surface area contributed by atoms with Crippen molar-refractivity contribution in [1.29, 1.82) is 5.26 Å². The van der Waals surface area contributed by atoms with Crippen molar-refractivity contribution >= 4 is 16.5 Å². The fourth-order valence-corrected chi connectivity index (χ4v) is 3.20. The third-order valence-electron chi connectivity index (χ3n) is 3.23. The minimum Gasteiger partial charge on any atom is -0.494 e. The van der Waals surface area contributed by atoms with Gasteiger partial charge in [-0.3, -0.25) is 4.21 Å². The van der Waals surface area contributed by atoms with Crippen LogP contribution in [0.3, 0.4) is 0 Å². The van der Waals surface area contributed by atoms with Gasteiger partial charge >= 0.3 is 0 Å². The summed E-state index contributed by atoms with van der Waals surface area (Å²) in [5.74, 6) is 1.25. The Kier molecular flexibility index (Phi) is 6.70. The molecule has 0 amide bonds. The number of hydrogen-bond donors (Lipinski definition) is 1.